The second kappa shape index (κ2) is 11.1. The molecular formula is C27H30F2N6O2S. The van der Waals surface area contributed by atoms with Gasteiger partial charge in [-0.3, -0.25) is 0 Å². The minimum Gasteiger partial charge on any atom is -0.369 e. The first-order valence-electron chi connectivity index (χ1n) is 12.8. The van der Waals surface area contributed by atoms with Gasteiger partial charge >= 0.3 is 0 Å². The molecule has 0 unspecified atom stereocenters. The van der Waals surface area contributed by atoms with E-state index in [9.17, 15) is 12.8 Å². The van der Waals surface area contributed by atoms with Crippen molar-refractivity contribution in [2.24, 2.45) is 5.92 Å². The lowest BCUT2D eigenvalue weighted by atomic mass is 10.0. The Morgan fingerprint density at radius 1 is 1.05 bits per heavy atom. The van der Waals surface area contributed by atoms with Crippen molar-refractivity contribution < 1.29 is 17.2 Å². The highest BCUT2D eigenvalue weighted by molar-refractivity contribution is 7.91. The van der Waals surface area contributed by atoms with Gasteiger partial charge in [0.05, 0.1) is 22.8 Å². The van der Waals surface area contributed by atoms with Crippen LogP contribution in [0.2, 0.25) is 0 Å². The van der Waals surface area contributed by atoms with Crippen LogP contribution < -0.4 is 15.5 Å². The SMILES string of the molecule is N#Cc1ccc(-c2cc(NC[C@@H]3CCCNCC3)nn2-c2ccc(N3CCS(=O)(=O)CC3)cc2F)cc1F. The van der Waals surface area contributed by atoms with Gasteiger partial charge in [-0.05, 0) is 68.6 Å². The third kappa shape index (κ3) is 5.81. The minimum atomic E-state index is -3.05. The molecule has 2 N–H and O–H groups in total. The maximum absolute atomic E-state index is 15.5. The van der Waals surface area contributed by atoms with Gasteiger partial charge in [-0.2, -0.15) is 5.26 Å². The second-order valence-electron chi connectivity index (χ2n) is 9.84. The molecule has 0 saturated carbocycles. The van der Waals surface area contributed by atoms with Crippen molar-refractivity contribution in [3.05, 3.63) is 59.7 Å². The highest BCUT2D eigenvalue weighted by Gasteiger charge is 2.23. The zero-order chi connectivity index (χ0) is 26.7. The molecule has 1 atom stereocenters. The molecule has 3 heterocycles. The highest BCUT2D eigenvalue weighted by atomic mass is 32.2. The normalized spacial score (nSPS) is 19.5. The lowest BCUT2D eigenvalue weighted by Gasteiger charge is -2.29. The second-order valence-corrected chi connectivity index (χ2v) is 12.1. The van der Waals surface area contributed by atoms with Gasteiger partial charge in [0.25, 0.3) is 0 Å². The molecule has 2 fully saturated rings. The fourth-order valence-electron chi connectivity index (χ4n) is 5.00. The van der Waals surface area contributed by atoms with Gasteiger partial charge in [0, 0.05) is 37.0 Å². The maximum Gasteiger partial charge on any atom is 0.153 e. The van der Waals surface area contributed by atoms with Crippen molar-refractivity contribution >= 4 is 21.3 Å². The van der Waals surface area contributed by atoms with E-state index < -0.39 is 21.5 Å². The summed E-state index contributed by atoms with van der Waals surface area (Å²) in [4.78, 5) is 1.85. The highest BCUT2D eigenvalue weighted by Crippen LogP contribution is 2.30. The summed E-state index contributed by atoms with van der Waals surface area (Å²) in [5.74, 6) is -0.0848. The smallest absolute Gasteiger partial charge is 0.153 e. The number of sulfone groups is 1. The largest absolute Gasteiger partial charge is 0.369 e. The number of hydrogen-bond donors (Lipinski definition) is 2. The topological polar surface area (TPSA) is 103 Å². The van der Waals surface area contributed by atoms with Crippen molar-refractivity contribution in [1.82, 2.24) is 15.1 Å². The maximum atomic E-state index is 15.5. The summed E-state index contributed by atoms with van der Waals surface area (Å²) >= 11 is 0. The first-order valence-corrected chi connectivity index (χ1v) is 14.6. The van der Waals surface area contributed by atoms with Crippen molar-refractivity contribution in [2.45, 2.75) is 19.3 Å². The number of aromatic nitrogens is 2. The number of rotatable bonds is 6. The van der Waals surface area contributed by atoms with E-state index >= 15 is 4.39 Å². The van der Waals surface area contributed by atoms with Crippen LogP contribution in [0.25, 0.3) is 16.9 Å². The van der Waals surface area contributed by atoms with Gasteiger partial charge in [0.15, 0.2) is 15.7 Å². The van der Waals surface area contributed by atoms with Crippen molar-refractivity contribution in [1.29, 1.82) is 5.26 Å². The zero-order valence-electron chi connectivity index (χ0n) is 21.0. The minimum absolute atomic E-state index is 0.0377. The molecule has 8 nitrogen and oxygen atoms in total. The van der Waals surface area contributed by atoms with E-state index in [1.165, 1.54) is 22.9 Å². The Morgan fingerprint density at radius 3 is 2.61 bits per heavy atom. The van der Waals surface area contributed by atoms with Gasteiger partial charge < -0.3 is 15.5 Å². The number of hydrogen-bond acceptors (Lipinski definition) is 7. The molecule has 0 radical (unpaired) electrons. The number of nitriles is 1. The van der Waals surface area contributed by atoms with Crippen molar-refractivity contribution in [3.63, 3.8) is 0 Å². The monoisotopic (exact) mass is 540 g/mol. The molecule has 2 aliphatic heterocycles. The first-order chi connectivity index (χ1) is 18.3. The number of halogens is 2. The molecule has 11 heteroatoms. The standard InChI is InChI=1S/C27H30F2N6O2S/c28-23-14-20(3-4-21(23)17-30)26-16-27(32-18-19-2-1-8-31-9-7-19)33-35(26)25-6-5-22(15-24(25)29)34-10-12-38(36,37)13-11-34/h3-6,14-16,19,31H,1-2,7-13,18H2,(H,32,33)/t19-/m1/s1. The van der Waals surface area contributed by atoms with Crippen LogP contribution in [0.3, 0.4) is 0 Å². The van der Waals surface area contributed by atoms with Crippen LogP contribution in [0, 0.1) is 28.9 Å². The summed E-state index contributed by atoms with van der Waals surface area (Å²) in [5, 5.41) is 20.5. The Morgan fingerprint density at radius 2 is 1.87 bits per heavy atom. The fraction of sp³-hybridized carbons (Fsp3) is 0.407. The van der Waals surface area contributed by atoms with E-state index in [0.717, 1.165) is 38.9 Å². The Balaban J connectivity index is 1.46. The molecule has 2 aromatic carbocycles. The molecule has 0 bridgehead atoms. The Hall–Kier alpha value is -3.49. The van der Waals surface area contributed by atoms with Gasteiger partial charge in [-0.15, -0.1) is 5.10 Å². The van der Waals surface area contributed by atoms with E-state index in [0.29, 0.717) is 41.8 Å². The van der Waals surface area contributed by atoms with E-state index in [1.807, 2.05) is 11.0 Å². The summed E-state index contributed by atoms with van der Waals surface area (Å²) in [7, 11) is -3.05. The number of anilines is 2. The van der Waals surface area contributed by atoms with Crippen molar-refractivity contribution in [2.75, 3.05) is 54.4 Å². The van der Waals surface area contributed by atoms with Gasteiger partial charge in [0.1, 0.15) is 23.4 Å². The Bertz CT molecular complexity index is 1440. The molecule has 0 spiro atoms. The van der Waals surface area contributed by atoms with E-state index in [1.54, 1.807) is 24.3 Å². The molecule has 0 amide bonds. The van der Waals surface area contributed by atoms with Crippen LogP contribution in [0.5, 0.6) is 0 Å². The number of benzene rings is 2. The predicted molar refractivity (Wildman–Crippen MR) is 143 cm³/mol. The number of nitrogens with one attached hydrogen (secondary N) is 2. The zero-order valence-corrected chi connectivity index (χ0v) is 21.8. The van der Waals surface area contributed by atoms with E-state index in [2.05, 4.69) is 15.7 Å². The van der Waals surface area contributed by atoms with Crippen LogP contribution >= 0.6 is 0 Å². The van der Waals surface area contributed by atoms with E-state index in [-0.39, 0.29) is 22.8 Å². The molecule has 200 valence electrons. The summed E-state index contributed by atoms with van der Waals surface area (Å²) in [6.07, 6.45) is 3.26. The van der Waals surface area contributed by atoms with Crippen LogP contribution in [-0.4, -0.2) is 62.4 Å². The summed E-state index contributed by atoms with van der Waals surface area (Å²) in [6, 6.07) is 12.6. The third-order valence-electron chi connectivity index (χ3n) is 7.23. The van der Waals surface area contributed by atoms with Gasteiger partial charge in [0.2, 0.25) is 0 Å². The summed E-state index contributed by atoms with van der Waals surface area (Å²) in [5.41, 5.74) is 1.66. The van der Waals surface area contributed by atoms with Crippen LogP contribution in [0.1, 0.15) is 24.8 Å². The average molecular weight is 541 g/mol. The molecule has 1 aromatic heterocycles. The molecule has 3 aromatic rings. The molecule has 0 aliphatic carbocycles. The first kappa shape index (κ1) is 26.1. The average Bonchev–Trinajstić information content (AvgIpc) is 3.14. The van der Waals surface area contributed by atoms with Crippen LogP contribution in [0.4, 0.5) is 20.3 Å². The molecular weight excluding hydrogens is 510 g/mol. The molecule has 5 rings (SSSR count). The number of nitrogens with zero attached hydrogens (tertiary/aromatic N) is 4. The fourth-order valence-corrected chi connectivity index (χ4v) is 6.20. The van der Waals surface area contributed by atoms with Gasteiger partial charge in [-0.1, -0.05) is 6.07 Å². The third-order valence-corrected chi connectivity index (χ3v) is 8.84. The van der Waals surface area contributed by atoms with Gasteiger partial charge in [-0.25, -0.2) is 21.9 Å². The summed E-state index contributed by atoms with van der Waals surface area (Å²) < 4.78 is 55.0. The summed E-state index contributed by atoms with van der Waals surface area (Å²) in [6.45, 7) is 3.32. The van der Waals surface area contributed by atoms with Crippen LogP contribution in [0.15, 0.2) is 42.5 Å². The lowest BCUT2D eigenvalue weighted by molar-refractivity contribution is 0.495. The Kier molecular flexibility index (Phi) is 7.63. The quantitative estimate of drug-likeness (QED) is 0.491. The Labute approximate surface area is 221 Å². The van der Waals surface area contributed by atoms with Crippen LogP contribution in [-0.2, 0) is 9.84 Å². The van der Waals surface area contributed by atoms with E-state index in [4.69, 9.17) is 5.26 Å². The molecule has 2 aliphatic rings. The van der Waals surface area contributed by atoms with Crippen molar-refractivity contribution in [3.8, 4) is 23.0 Å². The molecule has 2 saturated heterocycles. The lowest BCUT2D eigenvalue weighted by Crippen LogP contribution is -2.40. The molecule has 38 heavy (non-hydrogen) atoms. The predicted octanol–water partition coefficient (Wildman–Crippen LogP) is 3.73.